The normalized spacial score (nSPS) is 18.2. The molecule has 0 bridgehead atoms. The Morgan fingerprint density at radius 2 is 2.30 bits per heavy atom. The van der Waals surface area contributed by atoms with Crippen molar-refractivity contribution in [3.8, 4) is 0 Å². The number of carbonyl (C=O) groups excluding carboxylic acids is 1. The summed E-state index contributed by atoms with van der Waals surface area (Å²) in [6, 6.07) is 1.78. The fourth-order valence-electron chi connectivity index (χ4n) is 2.11. The van der Waals surface area contributed by atoms with Gasteiger partial charge in [-0.2, -0.15) is 11.3 Å². The van der Waals surface area contributed by atoms with Gasteiger partial charge in [0.2, 0.25) is 0 Å². The average molecular weight is 298 g/mol. The monoisotopic (exact) mass is 298 g/mol. The molecule has 20 heavy (non-hydrogen) atoms. The molecule has 1 fully saturated rings. The van der Waals surface area contributed by atoms with Crippen molar-refractivity contribution in [3.05, 3.63) is 22.4 Å². The van der Waals surface area contributed by atoms with Gasteiger partial charge in [-0.3, -0.25) is 0 Å². The molecule has 2 rings (SSSR count). The van der Waals surface area contributed by atoms with Crippen LogP contribution in [0.2, 0.25) is 0 Å². The lowest BCUT2D eigenvalue weighted by molar-refractivity contribution is -0.159. The lowest BCUT2D eigenvalue weighted by atomic mass is 9.97. The van der Waals surface area contributed by atoms with E-state index in [2.05, 4.69) is 5.32 Å². The predicted octanol–water partition coefficient (Wildman–Crippen LogP) is 1.69. The third-order valence-electron chi connectivity index (χ3n) is 3.27. The number of rotatable bonds is 5. The van der Waals surface area contributed by atoms with E-state index in [4.69, 9.17) is 9.84 Å². The number of nitrogens with one attached hydrogen (secondary N) is 1. The van der Waals surface area contributed by atoms with Crippen molar-refractivity contribution in [2.45, 2.75) is 25.5 Å². The SMILES string of the molecule is CC(NC(=O)N1CC(C)(OCC(=O)O)C1)c1ccsc1. The number of carboxylic acids is 1. The first-order chi connectivity index (χ1) is 9.39. The van der Waals surface area contributed by atoms with E-state index >= 15 is 0 Å². The van der Waals surface area contributed by atoms with Crippen LogP contribution in [0.15, 0.2) is 16.8 Å². The van der Waals surface area contributed by atoms with Gasteiger partial charge in [-0.25, -0.2) is 9.59 Å². The molecular weight excluding hydrogens is 280 g/mol. The lowest BCUT2D eigenvalue weighted by Crippen LogP contribution is -2.65. The summed E-state index contributed by atoms with van der Waals surface area (Å²) in [4.78, 5) is 24.1. The smallest absolute Gasteiger partial charge is 0.329 e. The van der Waals surface area contributed by atoms with Crippen LogP contribution in [0.1, 0.15) is 25.5 Å². The van der Waals surface area contributed by atoms with E-state index in [1.807, 2.05) is 30.7 Å². The zero-order valence-electron chi connectivity index (χ0n) is 11.5. The Kier molecular flexibility index (Phi) is 4.29. The van der Waals surface area contributed by atoms with Gasteiger partial charge < -0.3 is 20.1 Å². The van der Waals surface area contributed by atoms with Gasteiger partial charge in [0.05, 0.1) is 19.1 Å². The van der Waals surface area contributed by atoms with Crippen LogP contribution in [0.3, 0.4) is 0 Å². The number of hydrogen-bond donors (Lipinski definition) is 2. The minimum absolute atomic E-state index is 0.0412. The number of carbonyl (C=O) groups is 2. The maximum atomic E-state index is 12.0. The fraction of sp³-hybridized carbons (Fsp3) is 0.538. The summed E-state index contributed by atoms with van der Waals surface area (Å²) < 4.78 is 5.26. The number of hydrogen-bond acceptors (Lipinski definition) is 4. The Labute approximate surface area is 121 Å². The number of nitrogens with zero attached hydrogens (tertiary/aromatic N) is 1. The molecule has 2 N–H and O–H groups in total. The summed E-state index contributed by atoms with van der Waals surface area (Å²) >= 11 is 1.59. The zero-order valence-corrected chi connectivity index (χ0v) is 12.3. The highest BCUT2D eigenvalue weighted by Gasteiger charge is 2.43. The number of carboxylic acid groups (broad SMARTS) is 1. The van der Waals surface area contributed by atoms with E-state index in [9.17, 15) is 9.59 Å². The average Bonchev–Trinajstić information content (AvgIpc) is 2.86. The first kappa shape index (κ1) is 14.8. The lowest BCUT2D eigenvalue weighted by Gasteiger charge is -2.47. The van der Waals surface area contributed by atoms with Crippen molar-refractivity contribution < 1.29 is 19.4 Å². The fourth-order valence-corrected chi connectivity index (χ4v) is 2.87. The number of aliphatic carboxylic acids is 1. The number of likely N-dealkylation sites (tertiary alicyclic amines) is 1. The van der Waals surface area contributed by atoms with E-state index in [0.29, 0.717) is 13.1 Å². The highest BCUT2D eigenvalue weighted by molar-refractivity contribution is 7.07. The summed E-state index contributed by atoms with van der Waals surface area (Å²) in [7, 11) is 0. The van der Waals surface area contributed by atoms with Gasteiger partial charge in [-0.05, 0) is 36.2 Å². The molecule has 1 unspecified atom stereocenters. The molecule has 6 nitrogen and oxygen atoms in total. The Morgan fingerprint density at radius 1 is 1.60 bits per heavy atom. The molecule has 0 saturated carbocycles. The summed E-state index contributed by atoms with van der Waals surface area (Å²) in [5, 5.41) is 15.5. The van der Waals surface area contributed by atoms with Gasteiger partial charge in [-0.15, -0.1) is 0 Å². The molecular formula is C13H18N2O4S. The van der Waals surface area contributed by atoms with E-state index in [-0.39, 0.29) is 18.7 Å². The Morgan fingerprint density at radius 3 is 2.85 bits per heavy atom. The van der Waals surface area contributed by atoms with E-state index < -0.39 is 11.6 Å². The second-order valence-electron chi connectivity index (χ2n) is 5.22. The minimum Gasteiger partial charge on any atom is -0.480 e. The largest absolute Gasteiger partial charge is 0.480 e. The minimum atomic E-state index is -1.000. The third kappa shape index (κ3) is 3.49. The van der Waals surface area contributed by atoms with Crippen molar-refractivity contribution >= 4 is 23.3 Å². The molecule has 1 aliphatic heterocycles. The molecule has 1 aliphatic rings. The first-order valence-corrected chi connectivity index (χ1v) is 7.27. The third-order valence-corrected chi connectivity index (χ3v) is 3.97. The molecule has 2 heterocycles. The molecule has 1 saturated heterocycles. The second-order valence-corrected chi connectivity index (χ2v) is 6.00. The van der Waals surface area contributed by atoms with Crippen LogP contribution in [-0.2, 0) is 9.53 Å². The molecule has 7 heteroatoms. The van der Waals surface area contributed by atoms with Gasteiger partial charge >= 0.3 is 12.0 Å². The van der Waals surface area contributed by atoms with E-state index in [1.54, 1.807) is 16.2 Å². The summed E-state index contributed by atoms with van der Waals surface area (Å²) in [6.45, 7) is 4.21. The molecule has 1 aromatic heterocycles. The Hall–Kier alpha value is -1.60. The molecule has 2 amide bonds. The van der Waals surface area contributed by atoms with Crippen LogP contribution < -0.4 is 5.32 Å². The molecule has 110 valence electrons. The molecule has 0 spiro atoms. The Balaban J connectivity index is 1.77. The zero-order chi connectivity index (χ0) is 14.8. The molecule has 0 aromatic carbocycles. The van der Waals surface area contributed by atoms with Gasteiger partial charge in [-0.1, -0.05) is 0 Å². The summed E-state index contributed by atoms with van der Waals surface area (Å²) in [5.74, 6) is -1.000. The standard InChI is InChI=1S/C13H18N2O4S/c1-9(10-3-4-20-6-10)14-12(18)15-7-13(2,8-15)19-5-11(16)17/h3-4,6,9H,5,7-8H2,1-2H3,(H,14,18)(H,16,17). The van der Waals surface area contributed by atoms with Crippen molar-refractivity contribution in [2.75, 3.05) is 19.7 Å². The van der Waals surface area contributed by atoms with E-state index in [1.165, 1.54) is 0 Å². The first-order valence-electron chi connectivity index (χ1n) is 6.33. The second kappa shape index (κ2) is 5.80. The highest BCUT2D eigenvalue weighted by atomic mass is 32.1. The summed E-state index contributed by atoms with van der Waals surface area (Å²) in [5.41, 5.74) is 0.523. The number of thiophene rings is 1. The van der Waals surface area contributed by atoms with Crippen LogP contribution in [0.4, 0.5) is 4.79 Å². The Bertz CT molecular complexity index is 483. The predicted molar refractivity (Wildman–Crippen MR) is 74.8 cm³/mol. The quantitative estimate of drug-likeness (QED) is 0.867. The topological polar surface area (TPSA) is 78.9 Å². The molecule has 1 atom stereocenters. The highest BCUT2D eigenvalue weighted by Crippen LogP contribution is 2.25. The number of amides is 2. The van der Waals surface area contributed by atoms with Gasteiger partial charge in [0.25, 0.3) is 0 Å². The number of urea groups is 1. The van der Waals surface area contributed by atoms with Crippen molar-refractivity contribution in [2.24, 2.45) is 0 Å². The molecule has 1 aromatic rings. The maximum absolute atomic E-state index is 12.0. The van der Waals surface area contributed by atoms with Crippen molar-refractivity contribution in [1.82, 2.24) is 10.2 Å². The molecule has 0 aliphatic carbocycles. The van der Waals surface area contributed by atoms with Crippen LogP contribution in [0, 0.1) is 0 Å². The van der Waals surface area contributed by atoms with Crippen molar-refractivity contribution in [1.29, 1.82) is 0 Å². The molecule has 0 radical (unpaired) electrons. The van der Waals surface area contributed by atoms with Crippen LogP contribution in [-0.4, -0.2) is 47.3 Å². The maximum Gasteiger partial charge on any atom is 0.329 e. The summed E-state index contributed by atoms with van der Waals surface area (Å²) in [6.07, 6.45) is 0. The van der Waals surface area contributed by atoms with E-state index in [0.717, 1.165) is 5.56 Å². The van der Waals surface area contributed by atoms with Crippen molar-refractivity contribution in [3.63, 3.8) is 0 Å². The van der Waals surface area contributed by atoms with Gasteiger partial charge in [0, 0.05) is 0 Å². The van der Waals surface area contributed by atoms with Crippen LogP contribution >= 0.6 is 11.3 Å². The van der Waals surface area contributed by atoms with Gasteiger partial charge in [0.1, 0.15) is 12.2 Å². The van der Waals surface area contributed by atoms with Crippen LogP contribution in [0.25, 0.3) is 0 Å². The number of ether oxygens (including phenoxy) is 1. The van der Waals surface area contributed by atoms with Gasteiger partial charge in [0.15, 0.2) is 0 Å². The van der Waals surface area contributed by atoms with Crippen LogP contribution in [0.5, 0.6) is 0 Å².